The molecule has 0 radical (unpaired) electrons. The van der Waals surface area contributed by atoms with E-state index in [1.165, 1.54) is 25.1 Å². The first-order valence-electron chi connectivity index (χ1n) is 8.09. The number of rotatable bonds is 5. The van der Waals surface area contributed by atoms with Gasteiger partial charge >= 0.3 is 0 Å². The summed E-state index contributed by atoms with van der Waals surface area (Å²) in [6, 6.07) is 6.24. The van der Waals surface area contributed by atoms with Gasteiger partial charge in [0.1, 0.15) is 5.75 Å². The van der Waals surface area contributed by atoms with Gasteiger partial charge in [0, 0.05) is 50.0 Å². The number of benzene rings is 1. The van der Waals surface area contributed by atoms with Crippen LogP contribution < -0.4 is 15.4 Å². The van der Waals surface area contributed by atoms with E-state index in [4.69, 9.17) is 10.5 Å². The van der Waals surface area contributed by atoms with E-state index >= 15 is 0 Å². The minimum absolute atomic E-state index is 0.0133. The zero-order valence-electron chi connectivity index (χ0n) is 13.2. The number of hydrogen-bond acceptors (Lipinski definition) is 4. The van der Waals surface area contributed by atoms with E-state index in [-0.39, 0.29) is 6.04 Å². The lowest BCUT2D eigenvalue weighted by Crippen LogP contribution is -2.47. The van der Waals surface area contributed by atoms with Crippen LogP contribution in [0, 0.1) is 5.92 Å². The molecule has 1 aromatic rings. The third-order valence-electron chi connectivity index (χ3n) is 4.64. The molecule has 2 fully saturated rings. The number of ether oxygens (including phenoxy) is 1. The van der Waals surface area contributed by atoms with Crippen LogP contribution in [-0.4, -0.2) is 44.7 Å². The summed E-state index contributed by atoms with van der Waals surface area (Å²) in [7, 11) is 1.72. The van der Waals surface area contributed by atoms with E-state index in [9.17, 15) is 0 Å². The van der Waals surface area contributed by atoms with Crippen LogP contribution in [0.15, 0.2) is 18.2 Å². The minimum Gasteiger partial charge on any atom is -0.496 e. The highest BCUT2D eigenvalue weighted by Crippen LogP contribution is 2.34. The topological polar surface area (TPSA) is 41.7 Å². The molecule has 116 valence electrons. The fourth-order valence-corrected chi connectivity index (χ4v) is 3.28. The van der Waals surface area contributed by atoms with Crippen LogP contribution in [0.3, 0.4) is 0 Å². The second-order valence-electron chi connectivity index (χ2n) is 6.41. The van der Waals surface area contributed by atoms with Crippen molar-refractivity contribution < 1.29 is 4.74 Å². The number of anilines is 1. The van der Waals surface area contributed by atoms with Gasteiger partial charge in [0.25, 0.3) is 0 Å². The molecule has 0 amide bonds. The van der Waals surface area contributed by atoms with Gasteiger partial charge in [0.2, 0.25) is 0 Å². The molecule has 0 bridgehead atoms. The Hall–Kier alpha value is -1.26. The molecule has 1 aliphatic heterocycles. The van der Waals surface area contributed by atoms with Crippen LogP contribution in [0.4, 0.5) is 5.69 Å². The van der Waals surface area contributed by atoms with Crippen LogP contribution in [-0.2, 0) is 0 Å². The van der Waals surface area contributed by atoms with E-state index < -0.39 is 0 Å². The van der Waals surface area contributed by atoms with Gasteiger partial charge in [-0.1, -0.05) is 6.07 Å². The second kappa shape index (κ2) is 6.24. The first-order chi connectivity index (χ1) is 10.2. The maximum Gasteiger partial charge on any atom is 0.125 e. The van der Waals surface area contributed by atoms with Crippen molar-refractivity contribution in [1.82, 2.24) is 4.90 Å². The second-order valence-corrected chi connectivity index (χ2v) is 6.41. The lowest BCUT2D eigenvalue weighted by molar-refractivity contribution is 0.248. The lowest BCUT2D eigenvalue weighted by Gasteiger charge is -2.37. The fraction of sp³-hybridized carbons (Fsp3) is 0.647. The van der Waals surface area contributed by atoms with Gasteiger partial charge < -0.3 is 15.4 Å². The summed E-state index contributed by atoms with van der Waals surface area (Å²) in [6.07, 6.45) is 2.87. The predicted molar refractivity (Wildman–Crippen MR) is 87.0 cm³/mol. The number of hydrogen-bond donors (Lipinski definition) is 1. The summed E-state index contributed by atoms with van der Waals surface area (Å²) in [6.45, 7) is 7.81. The fourth-order valence-electron chi connectivity index (χ4n) is 3.28. The molecule has 2 aliphatic rings. The highest BCUT2D eigenvalue weighted by Gasteiger charge is 2.27. The Morgan fingerprint density at radius 1 is 1.24 bits per heavy atom. The average Bonchev–Trinajstić information content (AvgIpc) is 3.31. The maximum absolute atomic E-state index is 6.18. The van der Waals surface area contributed by atoms with Gasteiger partial charge in [0.05, 0.1) is 7.11 Å². The lowest BCUT2D eigenvalue weighted by atomic mass is 10.0. The Kier molecular flexibility index (Phi) is 4.36. The Labute approximate surface area is 127 Å². The van der Waals surface area contributed by atoms with E-state index in [0.29, 0.717) is 0 Å². The number of piperazine rings is 1. The van der Waals surface area contributed by atoms with Gasteiger partial charge in [-0.15, -0.1) is 0 Å². The molecular formula is C17H27N3O. The Morgan fingerprint density at radius 3 is 2.52 bits per heavy atom. The predicted octanol–water partition coefficient (Wildman–Crippen LogP) is 2.25. The number of methoxy groups -OCH3 is 1. The highest BCUT2D eigenvalue weighted by molar-refractivity contribution is 5.61. The molecule has 0 unspecified atom stereocenters. The van der Waals surface area contributed by atoms with Crippen molar-refractivity contribution in [3.05, 3.63) is 23.8 Å². The van der Waals surface area contributed by atoms with E-state index in [1.807, 2.05) is 13.0 Å². The number of nitrogens with zero attached hydrogens (tertiary/aromatic N) is 2. The van der Waals surface area contributed by atoms with Crippen molar-refractivity contribution >= 4 is 5.69 Å². The Balaban J connectivity index is 1.72. The largest absolute Gasteiger partial charge is 0.496 e. The molecule has 1 atom stereocenters. The van der Waals surface area contributed by atoms with Gasteiger partial charge in [-0.05, 0) is 37.8 Å². The molecule has 21 heavy (non-hydrogen) atoms. The molecule has 0 aromatic heterocycles. The Morgan fingerprint density at radius 2 is 1.95 bits per heavy atom. The standard InChI is InChI=1S/C17H27N3O/c1-13(18)17-15(4-3-5-16(17)21-2)20-10-8-19(9-11-20)12-14-6-7-14/h3-5,13-14H,6-12,18H2,1-2H3/t13-/m0/s1. The third kappa shape index (κ3) is 3.33. The van der Waals surface area contributed by atoms with Crippen LogP contribution in [0.1, 0.15) is 31.4 Å². The van der Waals surface area contributed by atoms with Crippen molar-refractivity contribution in [2.45, 2.75) is 25.8 Å². The molecule has 1 aliphatic carbocycles. The smallest absolute Gasteiger partial charge is 0.125 e. The highest BCUT2D eigenvalue weighted by atomic mass is 16.5. The molecule has 4 heteroatoms. The first-order valence-corrected chi connectivity index (χ1v) is 8.09. The number of nitrogens with two attached hydrogens (primary N) is 1. The van der Waals surface area contributed by atoms with E-state index in [0.717, 1.165) is 43.4 Å². The minimum atomic E-state index is -0.0133. The third-order valence-corrected chi connectivity index (χ3v) is 4.64. The van der Waals surface area contributed by atoms with E-state index in [1.54, 1.807) is 7.11 Å². The summed E-state index contributed by atoms with van der Waals surface area (Å²) in [5.41, 5.74) is 8.56. The van der Waals surface area contributed by atoms with Crippen LogP contribution in [0.2, 0.25) is 0 Å². The summed E-state index contributed by atoms with van der Waals surface area (Å²) >= 11 is 0. The van der Waals surface area contributed by atoms with Crippen molar-refractivity contribution in [2.75, 3.05) is 44.7 Å². The van der Waals surface area contributed by atoms with Crippen molar-refractivity contribution in [3.8, 4) is 5.75 Å². The van der Waals surface area contributed by atoms with Gasteiger partial charge in [-0.2, -0.15) is 0 Å². The average molecular weight is 289 g/mol. The molecule has 4 nitrogen and oxygen atoms in total. The molecule has 2 N–H and O–H groups in total. The Bertz CT molecular complexity index is 477. The molecule has 1 heterocycles. The molecular weight excluding hydrogens is 262 g/mol. The summed E-state index contributed by atoms with van der Waals surface area (Å²) < 4.78 is 5.50. The molecule has 1 saturated carbocycles. The summed E-state index contributed by atoms with van der Waals surface area (Å²) in [4.78, 5) is 5.07. The quantitative estimate of drug-likeness (QED) is 0.903. The van der Waals surface area contributed by atoms with Crippen LogP contribution in [0.25, 0.3) is 0 Å². The van der Waals surface area contributed by atoms with Crippen molar-refractivity contribution in [1.29, 1.82) is 0 Å². The van der Waals surface area contributed by atoms with Gasteiger partial charge in [0.15, 0.2) is 0 Å². The van der Waals surface area contributed by atoms with Crippen molar-refractivity contribution in [3.63, 3.8) is 0 Å². The molecule has 3 rings (SSSR count). The van der Waals surface area contributed by atoms with E-state index in [2.05, 4.69) is 21.9 Å². The zero-order valence-corrected chi connectivity index (χ0v) is 13.2. The van der Waals surface area contributed by atoms with Gasteiger partial charge in [-0.3, -0.25) is 4.90 Å². The zero-order chi connectivity index (χ0) is 14.8. The molecule has 0 spiro atoms. The van der Waals surface area contributed by atoms with Gasteiger partial charge in [-0.25, -0.2) is 0 Å². The van der Waals surface area contributed by atoms with Crippen LogP contribution in [0.5, 0.6) is 5.75 Å². The normalized spacial score (nSPS) is 21.4. The van der Waals surface area contributed by atoms with Crippen molar-refractivity contribution in [2.24, 2.45) is 11.7 Å². The maximum atomic E-state index is 6.18. The molecule has 1 aromatic carbocycles. The summed E-state index contributed by atoms with van der Waals surface area (Å²) in [5.74, 6) is 1.89. The van der Waals surface area contributed by atoms with Crippen LogP contribution >= 0.6 is 0 Å². The monoisotopic (exact) mass is 289 g/mol. The SMILES string of the molecule is COc1cccc(N2CCN(CC3CC3)CC2)c1[C@H](C)N. The molecule has 1 saturated heterocycles. The summed E-state index contributed by atoms with van der Waals surface area (Å²) in [5, 5.41) is 0. The first kappa shape index (κ1) is 14.7.